The third-order valence-electron chi connectivity index (χ3n) is 14.4. The molecule has 6 nitrogen and oxygen atoms in total. The van der Waals surface area contributed by atoms with Crippen LogP contribution in [-0.4, -0.2) is 37.2 Å². The number of ether oxygens (including phenoxy) is 3. The first-order valence-corrected chi connectivity index (χ1v) is 34.2. The number of hydrogen-bond donors (Lipinski definition) is 0. The van der Waals surface area contributed by atoms with Crippen LogP contribution in [0.15, 0.2) is 134 Å². The van der Waals surface area contributed by atoms with Gasteiger partial charge >= 0.3 is 17.9 Å². The predicted molar refractivity (Wildman–Crippen MR) is 357 cm³/mol. The van der Waals surface area contributed by atoms with Gasteiger partial charge < -0.3 is 14.2 Å². The van der Waals surface area contributed by atoms with Gasteiger partial charge in [0.05, 0.1) is 0 Å². The molecule has 0 saturated heterocycles. The molecule has 0 radical (unpaired) electrons. The van der Waals surface area contributed by atoms with Crippen LogP contribution < -0.4 is 0 Å². The molecule has 0 fully saturated rings. The van der Waals surface area contributed by atoms with Gasteiger partial charge in [0, 0.05) is 19.3 Å². The molecule has 0 aliphatic rings. The molecule has 0 aromatic rings. The molecule has 0 aliphatic heterocycles. The Bertz CT molecular complexity index is 1730. The number of unbranched alkanes of at least 4 members (excludes halogenated alkanes) is 28. The summed E-state index contributed by atoms with van der Waals surface area (Å²) in [5.74, 6) is -0.913. The minimum atomic E-state index is -0.796. The van der Waals surface area contributed by atoms with Crippen LogP contribution in [0, 0.1) is 0 Å². The Morgan fingerprint density at radius 1 is 0.256 bits per heavy atom. The molecule has 0 amide bonds. The van der Waals surface area contributed by atoms with Gasteiger partial charge in [-0.2, -0.15) is 0 Å². The highest BCUT2D eigenvalue weighted by atomic mass is 16.6. The monoisotopic (exact) mass is 1130 g/mol. The van der Waals surface area contributed by atoms with Gasteiger partial charge in [-0.25, -0.2) is 0 Å². The molecule has 0 heterocycles. The molecule has 0 bridgehead atoms. The molecule has 466 valence electrons. The predicted octanol–water partition coefficient (Wildman–Crippen LogP) is 23.7. The summed E-state index contributed by atoms with van der Waals surface area (Å²) in [7, 11) is 0. The SMILES string of the molecule is CC/C=C\C/C=C\C/C=C\C/C=C\C/C=C\CCCCCCCCCCCCCCCCCC(=O)OCC(COC(=O)CCCCCCC/C=C\CCCCC)OC(=O)CCCCCCC/C=C\C/C=C\C/C=C\C/C=C\C/C=C\CC. The van der Waals surface area contributed by atoms with E-state index in [4.69, 9.17) is 14.2 Å². The van der Waals surface area contributed by atoms with Gasteiger partial charge in [-0.1, -0.05) is 289 Å². The summed E-state index contributed by atoms with van der Waals surface area (Å²) < 4.78 is 16.9. The van der Waals surface area contributed by atoms with Crippen LogP contribution in [0.2, 0.25) is 0 Å². The summed E-state index contributed by atoms with van der Waals surface area (Å²) in [5, 5.41) is 0. The summed E-state index contributed by atoms with van der Waals surface area (Å²) in [4.78, 5) is 38.4. The van der Waals surface area contributed by atoms with Gasteiger partial charge in [0.15, 0.2) is 6.10 Å². The summed E-state index contributed by atoms with van der Waals surface area (Å²) in [6.45, 7) is 6.38. The Balaban J connectivity index is 4.27. The Morgan fingerprint density at radius 2 is 0.476 bits per heavy atom. The van der Waals surface area contributed by atoms with Gasteiger partial charge in [-0.15, -0.1) is 0 Å². The lowest BCUT2D eigenvalue weighted by Crippen LogP contribution is -2.30. The standard InChI is InChI=1S/C76H126O6/c1-4-7-10-13-16-19-22-25-27-29-31-33-34-35-36-37-38-39-40-41-42-44-45-47-49-51-54-57-60-63-66-69-75(78)81-72-73(71-80-74(77)68-65-62-59-56-53-24-21-18-15-12-9-6-3)82-76(79)70-67-64-61-58-55-52-50-48-46-43-32-30-28-26-23-20-17-14-11-8-5-2/h7-8,10-11,16-21,25-28,31-33,35-36,43,48,50,73H,4-6,9,12-15,22-24,29-30,34,37-42,44-47,49,51-72H2,1-3H3/b10-7-,11-8-,19-16-,20-17-,21-18-,27-25-,28-26-,33-31-,36-35-,43-32-,50-48-. The Morgan fingerprint density at radius 3 is 0.756 bits per heavy atom. The second kappa shape index (κ2) is 69.0. The van der Waals surface area contributed by atoms with Crippen molar-refractivity contribution in [3.8, 4) is 0 Å². The molecule has 82 heavy (non-hydrogen) atoms. The van der Waals surface area contributed by atoms with Crippen molar-refractivity contribution < 1.29 is 28.6 Å². The van der Waals surface area contributed by atoms with E-state index in [1.54, 1.807) is 0 Å². The molecule has 1 atom stereocenters. The number of carbonyl (C=O) groups is 3. The molecule has 0 aliphatic carbocycles. The highest BCUT2D eigenvalue weighted by Gasteiger charge is 2.19. The van der Waals surface area contributed by atoms with E-state index in [1.807, 2.05) is 0 Å². The largest absolute Gasteiger partial charge is 0.462 e. The fraction of sp³-hybridized carbons (Fsp3) is 0.671. The molecular weight excluding hydrogens is 1010 g/mol. The van der Waals surface area contributed by atoms with Gasteiger partial charge in [0.1, 0.15) is 13.2 Å². The number of esters is 3. The number of allylic oxidation sites excluding steroid dienone is 22. The molecular formula is C76H126O6. The van der Waals surface area contributed by atoms with Crippen molar-refractivity contribution in [1.82, 2.24) is 0 Å². The minimum absolute atomic E-state index is 0.0901. The molecule has 6 heteroatoms. The molecule has 1 unspecified atom stereocenters. The number of rotatable bonds is 61. The van der Waals surface area contributed by atoms with Crippen LogP contribution in [0.5, 0.6) is 0 Å². The van der Waals surface area contributed by atoms with E-state index in [2.05, 4.69) is 154 Å². The van der Waals surface area contributed by atoms with E-state index in [9.17, 15) is 14.4 Å². The van der Waals surface area contributed by atoms with Crippen molar-refractivity contribution in [2.24, 2.45) is 0 Å². The van der Waals surface area contributed by atoms with Crippen LogP contribution >= 0.6 is 0 Å². The lowest BCUT2D eigenvalue weighted by atomic mass is 10.0. The van der Waals surface area contributed by atoms with E-state index in [0.29, 0.717) is 19.3 Å². The summed E-state index contributed by atoms with van der Waals surface area (Å²) in [6.07, 6.45) is 97.6. The van der Waals surface area contributed by atoms with E-state index >= 15 is 0 Å². The van der Waals surface area contributed by atoms with Gasteiger partial charge in [0.2, 0.25) is 0 Å². The second-order valence-electron chi connectivity index (χ2n) is 22.3. The van der Waals surface area contributed by atoms with Gasteiger partial charge in [-0.05, 0) is 135 Å². The molecule has 0 rings (SSSR count). The number of carbonyl (C=O) groups excluding carboxylic acids is 3. The molecule has 0 spiro atoms. The van der Waals surface area contributed by atoms with Crippen LogP contribution in [0.4, 0.5) is 0 Å². The first-order valence-electron chi connectivity index (χ1n) is 34.2. The van der Waals surface area contributed by atoms with Gasteiger partial charge in [0.25, 0.3) is 0 Å². The Labute approximate surface area is 506 Å². The first-order chi connectivity index (χ1) is 40.5. The van der Waals surface area contributed by atoms with Crippen molar-refractivity contribution in [2.75, 3.05) is 13.2 Å². The van der Waals surface area contributed by atoms with Crippen molar-refractivity contribution >= 4 is 17.9 Å². The zero-order valence-corrected chi connectivity index (χ0v) is 53.5. The maximum Gasteiger partial charge on any atom is 0.306 e. The Kier molecular flexibility index (Phi) is 65.3. The highest BCUT2D eigenvalue weighted by molar-refractivity contribution is 5.71. The average molecular weight is 1140 g/mol. The first kappa shape index (κ1) is 77.5. The van der Waals surface area contributed by atoms with Gasteiger partial charge in [-0.3, -0.25) is 14.4 Å². The van der Waals surface area contributed by atoms with Crippen LogP contribution in [0.1, 0.15) is 310 Å². The summed E-state index contributed by atoms with van der Waals surface area (Å²) in [6, 6.07) is 0. The normalized spacial score (nSPS) is 13.0. The fourth-order valence-corrected chi connectivity index (χ4v) is 9.32. The summed E-state index contributed by atoms with van der Waals surface area (Å²) in [5.41, 5.74) is 0. The van der Waals surface area contributed by atoms with Crippen molar-refractivity contribution in [3.05, 3.63) is 134 Å². The van der Waals surface area contributed by atoms with E-state index in [-0.39, 0.29) is 31.1 Å². The zero-order chi connectivity index (χ0) is 59.2. The quantitative estimate of drug-likeness (QED) is 0.0261. The maximum absolute atomic E-state index is 12.9. The Hall–Kier alpha value is -4.45. The third kappa shape index (κ3) is 66.4. The molecule has 0 saturated carbocycles. The third-order valence-corrected chi connectivity index (χ3v) is 14.4. The average Bonchev–Trinajstić information content (AvgIpc) is 3.47. The smallest absolute Gasteiger partial charge is 0.306 e. The van der Waals surface area contributed by atoms with Crippen molar-refractivity contribution in [2.45, 2.75) is 316 Å². The fourth-order valence-electron chi connectivity index (χ4n) is 9.32. The van der Waals surface area contributed by atoms with Crippen LogP contribution in [0.3, 0.4) is 0 Å². The molecule has 0 N–H and O–H groups in total. The van der Waals surface area contributed by atoms with E-state index < -0.39 is 6.10 Å². The topological polar surface area (TPSA) is 78.9 Å². The number of hydrogen-bond acceptors (Lipinski definition) is 6. The van der Waals surface area contributed by atoms with E-state index in [1.165, 1.54) is 122 Å². The maximum atomic E-state index is 12.9. The van der Waals surface area contributed by atoms with Crippen molar-refractivity contribution in [1.29, 1.82) is 0 Å². The molecule has 0 aromatic heterocycles. The molecule has 0 aromatic carbocycles. The van der Waals surface area contributed by atoms with Crippen LogP contribution in [0.25, 0.3) is 0 Å². The summed E-state index contributed by atoms with van der Waals surface area (Å²) >= 11 is 0. The van der Waals surface area contributed by atoms with Crippen molar-refractivity contribution in [3.63, 3.8) is 0 Å². The highest BCUT2D eigenvalue weighted by Crippen LogP contribution is 2.16. The minimum Gasteiger partial charge on any atom is -0.462 e. The zero-order valence-electron chi connectivity index (χ0n) is 53.5. The lowest BCUT2D eigenvalue weighted by Gasteiger charge is -2.18. The van der Waals surface area contributed by atoms with E-state index in [0.717, 1.165) is 148 Å². The second-order valence-corrected chi connectivity index (χ2v) is 22.3. The van der Waals surface area contributed by atoms with Crippen LogP contribution in [-0.2, 0) is 28.6 Å². The lowest BCUT2D eigenvalue weighted by molar-refractivity contribution is -0.167.